The van der Waals surface area contributed by atoms with Crippen LogP contribution in [0.15, 0.2) is 41.0 Å². The van der Waals surface area contributed by atoms with Crippen LogP contribution in [0, 0.1) is 10.1 Å². The molecule has 0 saturated carbocycles. The van der Waals surface area contributed by atoms with Crippen LogP contribution in [0.1, 0.15) is 0 Å². The smallest absolute Gasteiger partial charge is 0.296 e. The first-order valence-corrected chi connectivity index (χ1v) is 5.65. The third-order valence-electron chi connectivity index (χ3n) is 2.33. The molecule has 0 unspecified atom stereocenters. The van der Waals surface area contributed by atoms with Gasteiger partial charge in [0.2, 0.25) is 0 Å². The lowest BCUT2D eigenvalue weighted by atomic mass is 10.3. The van der Waals surface area contributed by atoms with E-state index in [1.165, 1.54) is 17.4 Å². The number of nitro benzene ring substituents is 1. The quantitative estimate of drug-likeness (QED) is 0.512. The maximum Gasteiger partial charge on any atom is 0.296 e. The summed E-state index contributed by atoms with van der Waals surface area (Å²) in [6, 6.07) is 8.46. The molecule has 0 radical (unpaired) electrons. The molecular weight excluding hydrogens is 240 g/mol. The Morgan fingerprint density at radius 1 is 1.29 bits per heavy atom. The molecule has 3 rings (SSSR count). The highest BCUT2D eigenvalue weighted by Gasteiger charge is 2.17. The van der Waals surface area contributed by atoms with Gasteiger partial charge in [-0.3, -0.25) is 10.1 Å². The van der Waals surface area contributed by atoms with Gasteiger partial charge in [0.25, 0.3) is 5.69 Å². The van der Waals surface area contributed by atoms with E-state index in [0.29, 0.717) is 16.3 Å². The molecule has 2 aromatic heterocycles. The van der Waals surface area contributed by atoms with Gasteiger partial charge in [0.1, 0.15) is 0 Å². The van der Waals surface area contributed by atoms with Crippen molar-refractivity contribution < 1.29 is 9.34 Å². The van der Waals surface area contributed by atoms with Gasteiger partial charge in [-0.05, 0) is 18.2 Å². The van der Waals surface area contributed by atoms with E-state index < -0.39 is 4.92 Å². The Kier molecular flexibility index (Phi) is 2.15. The number of thiazole rings is 1. The Balaban J connectivity index is 2.26. The fraction of sp³-hybridized carbons (Fsp3) is 0. The summed E-state index contributed by atoms with van der Waals surface area (Å²) in [5.74, 6) is 0.625. The molecule has 5 nitrogen and oxygen atoms in total. The molecule has 0 bridgehead atoms. The summed E-state index contributed by atoms with van der Waals surface area (Å²) in [6.45, 7) is 0. The molecule has 0 aliphatic carbocycles. The molecule has 0 spiro atoms. The average molecular weight is 246 g/mol. The third-order valence-corrected chi connectivity index (χ3v) is 3.36. The molecule has 0 atom stereocenters. The summed E-state index contributed by atoms with van der Waals surface area (Å²) >= 11 is 1.38. The van der Waals surface area contributed by atoms with Crippen LogP contribution in [0.5, 0.6) is 0 Å². The first kappa shape index (κ1) is 9.98. The van der Waals surface area contributed by atoms with E-state index in [-0.39, 0.29) is 5.69 Å². The van der Waals surface area contributed by atoms with Crippen LogP contribution in [-0.4, -0.2) is 9.91 Å². The molecule has 6 heteroatoms. The van der Waals surface area contributed by atoms with Crippen LogP contribution >= 0.6 is 11.3 Å². The van der Waals surface area contributed by atoms with Gasteiger partial charge in [-0.25, -0.2) is 4.98 Å². The van der Waals surface area contributed by atoms with Crippen LogP contribution in [-0.2, 0) is 0 Å². The molecule has 0 saturated heterocycles. The number of hydrogen-bond acceptors (Lipinski definition) is 5. The highest BCUT2D eigenvalue weighted by Crippen LogP contribution is 2.34. The molecule has 3 aromatic rings. The first-order chi connectivity index (χ1) is 8.25. The van der Waals surface area contributed by atoms with E-state index in [1.807, 2.05) is 6.07 Å². The van der Waals surface area contributed by atoms with Crippen molar-refractivity contribution in [2.24, 2.45) is 0 Å². The number of hydrogen-bond donors (Lipinski definition) is 0. The maximum atomic E-state index is 10.9. The zero-order valence-electron chi connectivity index (χ0n) is 8.49. The molecule has 0 fully saturated rings. The van der Waals surface area contributed by atoms with Crippen LogP contribution in [0.4, 0.5) is 5.69 Å². The number of aromatic nitrogens is 1. The largest absolute Gasteiger partial charge is 0.462 e. The predicted molar refractivity (Wildman–Crippen MR) is 64.0 cm³/mol. The number of furan rings is 1. The summed E-state index contributed by atoms with van der Waals surface area (Å²) in [7, 11) is 0. The van der Waals surface area contributed by atoms with Gasteiger partial charge in [0.15, 0.2) is 16.3 Å². The van der Waals surface area contributed by atoms with Gasteiger partial charge in [-0.1, -0.05) is 6.07 Å². The standard InChI is InChI=1S/C11H6N2O3S/c14-13(15)7-3-1-5-9-10(7)12-11(17-9)8-4-2-6-16-8/h1-6H. The second kappa shape index (κ2) is 3.67. The van der Waals surface area contributed by atoms with Crippen LogP contribution in [0.25, 0.3) is 21.0 Å². The van der Waals surface area contributed by atoms with Crippen LogP contribution in [0.2, 0.25) is 0 Å². The number of nitrogens with zero attached hydrogens (tertiary/aromatic N) is 2. The number of fused-ring (bicyclic) bond motifs is 1. The zero-order chi connectivity index (χ0) is 11.8. The Bertz CT molecular complexity index is 688. The molecule has 84 valence electrons. The number of para-hydroxylation sites is 1. The average Bonchev–Trinajstić information content (AvgIpc) is 2.96. The number of rotatable bonds is 2. The molecule has 0 aliphatic rings. The Hall–Kier alpha value is -2.21. The SMILES string of the molecule is O=[N+]([O-])c1cccc2sc(-c3ccco3)nc12. The van der Waals surface area contributed by atoms with Crippen molar-refractivity contribution >= 4 is 27.2 Å². The maximum absolute atomic E-state index is 10.9. The van der Waals surface area contributed by atoms with Gasteiger partial charge < -0.3 is 4.42 Å². The molecule has 17 heavy (non-hydrogen) atoms. The molecular formula is C11H6N2O3S. The van der Waals surface area contributed by atoms with Crippen molar-refractivity contribution in [3.05, 3.63) is 46.7 Å². The van der Waals surface area contributed by atoms with Crippen LogP contribution in [0.3, 0.4) is 0 Å². The summed E-state index contributed by atoms with van der Waals surface area (Å²) in [4.78, 5) is 14.7. The fourth-order valence-electron chi connectivity index (χ4n) is 1.59. The monoisotopic (exact) mass is 246 g/mol. The Labute approximate surface area is 99.5 Å². The molecule has 0 N–H and O–H groups in total. The highest BCUT2D eigenvalue weighted by molar-refractivity contribution is 7.21. The second-order valence-corrected chi connectivity index (χ2v) is 4.41. The minimum absolute atomic E-state index is 0.0246. The number of nitro groups is 1. The second-order valence-electron chi connectivity index (χ2n) is 3.38. The van der Waals surface area contributed by atoms with Gasteiger partial charge in [0, 0.05) is 6.07 Å². The summed E-state index contributed by atoms with van der Waals surface area (Å²) in [6.07, 6.45) is 1.55. The first-order valence-electron chi connectivity index (χ1n) is 4.83. The van der Waals surface area contributed by atoms with Crippen molar-refractivity contribution in [3.8, 4) is 10.8 Å². The Morgan fingerprint density at radius 3 is 2.88 bits per heavy atom. The molecule has 2 heterocycles. The fourth-order valence-corrected chi connectivity index (χ4v) is 2.54. The van der Waals surface area contributed by atoms with E-state index in [0.717, 1.165) is 4.70 Å². The highest BCUT2D eigenvalue weighted by atomic mass is 32.1. The van der Waals surface area contributed by atoms with Gasteiger partial charge in [0.05, 0.1) is 15.9 Å². The van der Waals surface area contributed by atoms with Crippen molar-refractivity contribution in [2.75, 3.05) is 0 Å². The number of benzene rings is 1. The van der Waals surface area contributed by atoms with Gasteiger partial charge in [-0.2, -0.15) is 0 Å². The van der Waals surface area contributed by atoms with E-state index >= 15 is 0 Å². The van der Waals surface area contributed by atoms with Gasteiger partial charge >= 0.3 is 0 Å². The normalized spacial score (nSPS) is 10.8. The van der Waals surface area contributed by atoms with E-state index in [4.69, 9.17) is 4.42 Å². The lowest BCUT2D eigenvalue weighted by molar-refractivity contribution is -0.383. The molecule has 0 aliphatic heterocycles. The summed E-state index contributed by atoms with van der Waals surface area (Å²) < 4.78 is 6.01. The van der Waals surface area contributed by atoms with Crippen molar-refractivity contribution in [1.82, 2.24) is 4.98 Å². The minimum Gasteiger partial charge on any atom is -0.462 e. The molecule has 1 aromatic carbocycles. The van der Waals surface area contributed by atoms with Gasteiger partial charge in [-0.15, -0.1) is 11.3 Å². The molecule has 0 amide bonds. The van der Waals surface area contributed by atoms with Crippen molar-refractivity contribution in [1.29, 1.82) is 0 Å². The zero-order valence-corrected chi connectivity index (χ0v) is 9.31. The van der Waals surface area contributed by atoms with E-state index in [1.54, 1.807) is 24.5 Å². The third kappa shape index (κ3) is 1.58. The predicted octanol–water partition coefficient (Wildman–Crippen LogP) is 3.46. The lowest BCUT2D eigenvalue weighted by Crippen LogP contribution is -1.88. The van der Waals surface area contributed by atoms with Crippen molar-refractivity contribution in [3.63, 3.8) is 0 Å². The number of non-ortho nitro benzene ring substituents is 1. The van der Waals surface area contributed by atoms with Crippen molar-refractivity contribution in [2.45, 2.75) is 0 Å². The Morgan fingerprint density at radius 2 is 2.18 bits per heavy atom. The van der Waals surface area contributed by atoms with Crippen LogP contribution < -0.4 is 0 Å². The summed E-state index contributed by atoms with van der Waals surface area (Å²) in [5.41, 5.74) is 0.436. The lowest BCUT2D eigenvalue weighted by Gasteiger charge is -1.90. The van der Waals surface area contributed by atoms with E-state index in [2.05, 4.69) is 4.98 Å². The minimum atomic E-state index is -0.423. The summed E-state index contributed by atoms with van der Waals surface area (Å²) in [5, 5.41) is 11.5. The van der Waals surface area contributed by atoms with E-state index in [9.17, 15) is 10.1 Å². The topological polar surface area (TPSA) is 69.2 Å².